The maximum Gasteiger partial charge on any atom is 0.119 e. The first-order valence-corrected chi connectivity index (χ1v) is 8.19. The molecule has 0 radical (unpaired) electrons. The highest BCUT2D eigenvalue weighted by molar-refractivity contribution is 5.48. The summed E-state index contributed by atoms with van der Waals surface area (Å²) in [6.45, 7) is 6.54. The third-order valence-electron chi connectivity index (χ3n) is 3.59. The topological polar surface area (TPSA) is 32.7 Å². The molecule has 0 unspecified atom stereocenters. The lowest BCUT2D eigenvalue weighted by Gasteiger charge is -2.19. The lowest BCUT2D eigenvalue weighted by Crippen LogP contribution is -2.26. The van der Waals surface area contributed by atoms with Crippen molar-refractivity contribution >= 4 is 6.08 Å². The van der Waals surface area contributed by atoms with E-state index in [9.17, 15) is 5.11 Å². The van der Waals surface area contributed by atoms with Gasteiger partial charge >= 0.3 is 0 Å². The van der Waals surface area contributed by atoms with Crippen LogP contribution in [0.5, 0.6) is 5.75 Å². The SMILES string of the molecule is C=CCOc1ccc(CN(CC=Cc2ccccc2)CCO)cc1. The molecule has 3 nitrogen and oxygen atoms in total. The molecule has 0 amide bonds. The average molecular weight is 323 g/mol. The first-order valence-electron chi connectivity index (χ1n) is 8.19. The molecule has 0 heterocycles. The van der Waals surface area contributed by atoms with Gasteiger partial charge in [-0.05, 0) is 23.3 Å². The largest absolute Gasteiger partial charge is 0.490 e. The lowest BCUT2D eigenvalue weighted by molar-refractivity contribution is 0.203. The van der Waals surface area contributed by atoms with Crippen LogP contribution in [0.2, 0.25) is 0 Å². The van der Waals surface area contributed by atoms with Crippen LogP contribution >= 0.6 is 0 Å². The van der Waals surface area contributed by atoms with Crippen molar-refractivity contribution in [3.8, 4) is 5.75 Å². The zero-order chi connectivity index (χ0) is 17.0. The number of nitrogens with zero attached hydrogens (tertiary/aromatic N) is 1. The Labute approximate surface area is 144 Å². The third-order valence-corrected chi connectivity index (χ3v) is 3.59. The Morgan fingerprint density at radius 2 is 1.79 bits per heavy atom. The molecule has 2 aromatic rings. The summed E-state index contributed by atoms with van der Waals surface area (Å²) in [4.78, 5) is 2.21. The molecule has 0 atom stereocenters. The van der Waals surface area contributed by atoms with E-state index in [-0.39, 0.29) is 6.61 Å². The molecule has 0 aliphatic heterocycles. The Morgan fingerprint density at radius 3 is 2.46 bits per heavy atom. The monoisotopic (exact) mass is 323 g/mol. The summed E-state index contributed by atoms with van der Waals surface area (Å²) in [6, 6.07) is 18.3. The van der Waals surface area contributed by atoms with E-state index < -0.39 is 0 Å². The van der Waals surface area contributed by atoms with Gasteiger partial charge in [-0.3, -0.25) is 4.90 Å². The number of ether oxygens (including phenoxy) is 1. The minimum atomic E-state index is 0.152. The summed E-state index contributed by atoms with van der Waals surface area (Å²) in [5, 5.41) is 9.28. The van der Waals surface area contributed by atoms with E-state index in [1.54, 1.807) is 6.08 Å². The first kappa shape index (κ1) is 18.0. The van der Waals surface area contributed by atoms with Gasteiger partial charge in [0.2, 0.25) is 0 Å². The van der Waals surface area contributed by atoms with Crippen molar-refractivity contribution < 1.29 is 9.84 Å². The Balaban J connectivity index is 1.90. The predicted octanol–water partition coefficient (Wildman–Crippen LogP) is 3.76. The molecule has 0 aromatic heterocycles. The molecule has 1 N–H and O–H groups in total. The molecule has 24 heavy (non-hydrogen) atoms. The van der Waals surface area contributed by atoms with Crippen LogP contribution < -0.4 is 4.74 Å². The van der Waals surface area contributed by atoms with Crippen LogP contribution in [-0.2, 0) is 6.54 Å². The Hall–Kier alpha value is -2.36. The molecule has 0 spiro atoms. The Kier molecular flexibility index (Phi) is 7.81. The normalized spacial score (nSPS) is 11.1. The van der Waals surface area contributed by atoms with Gasteiger partial charge in [-0.1, -0.05) is 67.3 Å². The Morgan fingerprint density at radius 1 is 1.04 bits per heavy atom. The highest BCUT2D eigenvalue weighted by atomic mass is 16.5. The van der Waals surface area contributed by atoms with Gasteiger partial charge in [0.1, 0.15) is 12.4 Å². The van der Waals surface area contributed by atoms with E-state index in [2.05, 4.69) is 47.9 Å². The van der Waals surface area contributed by atoms with E-state index in [0.717, 1.165) is 18.8 Å². The highest BCUT2D eigenvalue weighted by Gasteiger charge is 2.04. The number of aliphatic hydroxyl groups excluding tert-OH is 1. The maximum absolute atomic E-state index is 9.28. The quantitative estimate of drug-likeness (QED) is 0.676. The fraction of sp³-hybridized carbons (Fsp3) is 0.238. The first-order chi connectivity index (χ1) is 11.8. The second-order valence-electron chi connectivity index (χ2n) is 5.52. The molecule has 2 rings (SSSR count). The molecule has 0 aliphatic rings. The second kappa shape index (κ2) is 10.4. The van der Waals surface area contributed by atoms with E-state index in [0.29, 0.717) is 13.2 Å². The van der Waals surface area contributed by atoms with Crippen LogP contribution in [0.25, 0.3) is 6.08 Å². The van der Waals surface area contributed by atoms with E-state index in [4.69, 9.17) is 4.74 Å². The van der Waals surface area contributed by atoms with Crippen molar-refractivity contribution in [2.45, 2.75) is 6.54 Å². The van der Waals surface area contributed by atoms with Crippen LogP contribution in [0.4, 0.5) is 0 Å². The summed E-state index contributed by atoms with van der Waals surface area (Å²) < 4.78 is 5.49. The van der Waals surface area contributed by atoms with Crippen LogP contribution in [0.15, 0.2) is 73.3 Å². The molecule has 126 valence electrons. The van der Waals surface area contributed by atoms with E-state index >= 15 is 0 Å². The smallest absolute Gasteiger partial charge is 0.119 e. The highest BCUT2D eigenvalue weighted by Crippen LogP contribution is 2.14. The molecule has 0 saturated carbocycles. The summed E-state index contributed by atoms with van der Waals surface area (Å²) in [7, 11) is 0. The van der Waals surface area contributed by atoms with Crippen molar-refractivity contribution in [2.75, 3.05) is 26.3 Å². The maximum atomic E-state index is 9.28. The van der Waals surface area contributed by atoms with Crippen LogP contribution in [0.1, 0.15) is 11.1 Å². The van der Waals surface area contributed by atoms with Crippen LogP contribution in [-0.4, -0.2) is 36.3 Å². The molecule has 0 aliphatic carbocycles. The van der Waals surface area contributed by atoms with Gasteiger partial charge in [-0.2, -0.15) is 0 Å². The predicted molar refractivity (Wildman–Crippen MR) is 100.0 cm³/mol. The van der Waals surface area contributed by atoms with Crippen molar-refractivity contribution in [1.29, 1.82) is 0 Å². The number of rotatable bonds is 10. The summed E-state index contributed by atoms with van der Waals surface area (Å²) in [5.74, 6) is 0.844. The van der Waals surface area contributed by atoms with Crippen molar-refractivity contribution in [2.24, 2.45) is 0 Å². The number of aliphatic hydroxyl groups is 1. The van der Waals surface area contributed by atoms with Crippen LogP contribution in [0, 0.1) is 0 Å². The molecule has 0 saturated heterocycles. The van der Waals surface area contributed by atoms with Crippen molar-refractivity contribution in [1.82, 2.24) is 4.90 Å². The summed E-state index contributed by atoms with van der Waals surface area (Å²) >= 11 is 0. The number of hydrogen-bond donors (Lipinski definition) is 1. The van der Waals surface area contributed by atoms with Gasteiger partial charge in [0.25, 0.3) is 0 Å². The lowest BCUT2D eigenvalue weighted by atomic mass is 10.2. The fourth-order valence-electron chi connectivity index (χ4n) is 2.38. The molecule has 2 aromatic carbocycles. The molecule has 0 fully saturated rings. The Bertz CT molecular complexity index is 620. The van der Waals surface area contributed by atoms with Gasteiger partial charge in [-0.15, -0.1) is 0 Å². The second-order valence-corrected chi connectivity index (χ2v) is 5.52. The van der Waals surface area contributed by atoms with Gasteiger partial charge in [0.05, 0.1) is 6.61 Å². The van der Waals surface area contributed by atoms with Crippen LogP contribution in [0.3, 0.4) is 0 Å². The van der Waals surface area contributed by atoms with E-state index in [1.807, 2.05) is 30.3 Å². The standard InChI is InChI=1S/C21H25NO2/c1-2-17-24-21-12-10-20(11-13-21)18-22(15-16-23)14-6-9-19-7-4-3-5-8-19/h2-13,23H,1,14-18H2. The molecule has 0 bridgehead atoms. The minimum Gasteiger partial charge on any atom is -0.490 e. The zero-order valence-corrected chi connectivity index (χ0v) is 14.0. The third kappa shape index (κ3) is 6.41. The number of hydrogen-bond acceptors (Lipinski definition) is 3. The molecule has 3 heteroatoms. The van der Waals surface area contributed by atoms with Gasteiger partial charge in [0.15, 0.2) is 0 Å². The molecular weight excluding hydrogens is 298 g/mol. The number of benzene rings is 2. The van der Waals surface area contributed by atoms with Gasteiger partial charge in [-0.25, -0.2) is 0 Å². The molecular formula is C21H25NO2. The summed E-state index contributed by atoms with van der Waals surface area (Å²) in [6.07, 6.45) is 5.97. The minimum absolute atomic E-state index is 0.152. The van der Waals surface area contributed by atoms with E-state index in [1.165, 1.54) is 11.1 Å². The van der Waals surface area contributed by atoms with Crippen molar-refractivity contribution in [3.63, 3.8) is 0 Å². The fourth-order valence-corrected chi connectivity index (χ4v) is 2.38. The summed E-state index contributed by atoms with van der Waals surface area (Å²) in [5.41, 5.74) is 2.38. The van der Waals surface area contributed by atoms with Gasteiger partial charge < -0.3 is 9.84 Å². The van der Waals surface area contributed by atoms with Gasteiger partial charge in [0, 0.05) is 19.6 Å². The average Bonchev–Trinajstić information content (AvgIpc) is 2.62. The van der Waals surface area contributed by atoms with Crippen molar-refractivity contribution in [3.05, 3.63) is 84.5 Å². The zero-order valence-electron chi connectivity index (χ0n) is 14.0.